The predicted octanol–water partition coefficient (Wildman–Crippen LogP) is 1.95. The van der Waals surface area contributed by atoms with Crippen molar-refractivity contribution in [3.8, 4) is 0 Å². The van der Waals surface area contributed by atoms with E-state index in [0.29, 0.717) is 24.2 Å². The molecule has 1 fully saturated rings. The van der Waals surface area contributed by atoms with Crippen molar-refractivity contribution in [3.63, 3.8) is 0 Å². The summed E-state index contributed by atoms with van der Waals surface area (Å²) in [7, 11) is 4.09. The molecule has 0 saturated carbocycles. The van der Waals surface area contributed by atoms with Crippen LogP contribution in [0.15, 0.2) is 12.1 Å². The van der Waals surface area contributed by atoms with Crippen molar-refractivity contribution >= 4 is 17.3 Å². The Kier molecular flexibility index (Phi) is 4.95. The Morgan fingerprint density at radius 2 is 2.29 bits per heavy atom. The van der Waals surface area contributed by atoms with Gasteiger partial charge in [0, 0.05) is 25.7 Å². The number of aromatic nitrogens is 1. The second-order valence-corrected chi connectivity index (χ2v) is 5.61. The van der Waals surface area contributed by atoms with Gasteiger partial charge in [0.05, 0.1) is 17.1 Å². The van der Waals surface area contributed by atoms with Crippen LogP contribution in [0.1, 0.15) is 19.8 Å². The van der Waals surface area contributed by atoms with Gasteiger partial charge >= 0.3 is 0 Å². The van der Waals surface area contributed by atoms with Gasteiger partial charge in [-0.1, -0.05) is 0 Å². The van der Waals surface area contributed by atoms with Crippen LogP contribution in [0.3, 0.4) is 0 Å². The van der Waals surface area contributed by atoms with Crippen LogP contribution >= 0.6 is 0 Å². The molecular weight excluding hydrogens is 270 g/mol. The average molecular weight is 293 g/mol. The highest BCUT2D eigenvalue weighted by Crippen LogP contribution is 2.29. The summed E-state index contributed by atoms with van der Waals surface area (Å²) in [6.07, 6.45) is 2.19. The van der Waals surface area contributed by atoms with Crippen molar-refractivity contribution in [2.45, 2.75) is 25.8 Å². The van der Waals surface area contributed by atoms with Gasteiger partial charge in [-0.25, -0.2) is 4.98 Å². The molecule has 0 amide bonds. The Labute approximate surface area is 125 Å². The highest BCUT2D eigenvalue weighted by molar-refractivity contribution is 5.56. The van der Waals surface area contributed by atoms with Gasteiger partial charge in [0.1, 0.15) is 11.6 Å². The zero-order valence-electron chi connectivity index (χ0n) is 12.9. The molecule has 7 nitrogen and oxygen atoms in total. The summed E-state index contributed by atoms with van der Waals surface area (Å²) >= 11 is 0. The Bertz CT molecular complexity index is 506. The monoisotopic (exact) mass is 293 g/mol. The summed E-state index contributed by atoms with van der Waals surface area (Å²) in [5, 5.41) is 14.2. The molecule has 0 aromatic carbocycles. The summed E-state index contributed by atoms with van der Waals surface area (Å²) in [5.41, 5.74) is 0.0893. The van der Waals surface area contributed by atoms with Gasteiger partial charge in [0.2, 0.25) is 0 Å². The van der Waals surface area contributed by atoms with Gasteiger partial charge in [-0.05, 0) is 33.9 Å². The summed E-state index contributed by atoms with van der Waals surface area (Å²) in [4.78, 5) is 19.6. The lowest BCUT2D eigenvalue weighted by atomic mass is 10.2. The maximum Gasteiger partial charge on any atom is 0.276 e. The van der Waals surface area contributed by atoms with Gasteiger partial charge in [-0.3, -0.25) is 10.1 Å². The maximum atomic E-state index is 11.1. The second-order valence-electron chi connectivity index (χ2n) is 5.61. The minimum Gasteiger partial charge on any atom is -0.370 e. The van der Waals surface area contributed by atoms with E-state index in [-0.39, 0.29) is 10.6 Å². The normalized spacial score (nSPS) is 18.3. The lowest BCUT2D eigenvalue weighted by Gasteiger charge is -2.28. The fraction of sp³-hybridized carbons (Fsp3) is 0.643. The number of hydrogen-bond acceptors (Lipinski definition) is 6. The molecule has 1 aliphatic heterocycles. The maximum absolute atomic E-state index is 11.1. The Morgan fingerprint density at radius 3 is 2.90 bits per heavy atom. The van der Waals surface area contributed by atoms with E-state index in [0.717, 1.165) is 25.9 Å². The van der Waals surface area contributed by atoms with Gasteiger partial charge < -0.3 is 15.1 Å². The first-order chi connectivity index (χ1) is 10.0. The van der Waals surface area contributed by atoms with Crippen molar-refractivity contribution in [3.05, 3.63) is 22.2 Å². The van der Waals surface area contributed by atoms with Crippen LogP contribution in [0.2, 0.25) is 0 Å². The van der Waals surface area contributed by atoms with Gasteiger partial charge in [-0.2, -0.15) is 0 Å². The smallest absolute Gasteiger partial charge is 0.276 e. The fourth-order valence-electron chi connectivity index (χ4n) is 2.77. The molecule has 0 radical (unpaired) electrons. The molecule has 2 heterocycles. The number of pyridine rings is 1. The van der Waals surface area contributed by atoms with Crippen LogP contribution in [-0.2, 0) is 0 Å². The van der Waals surface area contributed by atoms with Gasteiger partial charge in [0.15, 0.2) is 0 Å². The van der Waals surface area contributed by atoms with Crippen LogP contribution < -0.4 is 10.2 Å². The largest absolute Gasteiger partial charge is 0.370 e. The number of nitrogens with one attached hydrogen (secondary N) is 1. The Morgan fingerprint density at radius 1 is 1.52 bits per heavy atom. The Hall–Kier alpha value is -1.89. The molecule has 116 valence electrons. The van der Waals surface area contributed by atoms with Crippen LogP contribution in [0.4, 0.5) is 17.3 Å². The summed E-state index contributed by atoms with van der Waals surface area (Å²) < 4.78 is 0. The van der Waals surface area contributed by atoms with E-state index in [4.69, 9.17) is 0 Å². The second kappa shape index (κ2) is 6.71. The lowest BCUT2D eigenvalue weighted by Crippen LogP contribution is -2.38. The number of anilines is 2. The molecule has 0 aliphatic carbocycles. The standard InChI is InChI=1S/C14H23N5O2/c1-4-15-13-8-12(19(20)21)9-14(16-13)18-7-5-6-11(18)10-17(2)3/h8-9,11H,4-7,10H2,1-3H3,(H,15,16). The molecular formula is C14H23N5O2. The molecule has 2 rings (SSSR count). The fourth-order valence-corrected chi connectivity index (χ4v) is 2.77. The van der Waals surface area contributed by atoms with E-state index in [1.807, 2.05) is 21.0 Å². The van der Waals surface area contributed by atoms with Gasteiger partial charge in [-0.15, -0.1) is 0 Å². The van der Waals surface area contributed by atoms with E-state index < -0.39 is 0 Å². The van der Waals surface area contributed by atoms with Crippen molar-refractivity contribution in [1.82, 2.24) is 9.88 Å². The molecule has 21 heavy (non-hydrogen) atoms. The van der Waals surface area contributed by atoms with Crippen LogP contribution in [-0.4, -0.2) is 54.6 Å². The third kappa shape index (κ3) is 3.81. The molecule has 1 saturated heterocycles. The molecule has 1 atom stereocenters. The SMILES string of the molecule is CCNc1cc([N+](=O)[O-])cc(N2CCCC2CN(C)C)n1. The average Bonchev–Trinajstić information content (AvgIpc) is 2.86. The highest BCUT2D eigenvalue weighted by Gasteiger charge is 2.27. The number of nitrogens with zero attached hydrogens (tertiary/aromatic N) is 4. The third-order valence-corrected chi connectivity index (χ3v) is 3.61. The highest BCUT2D eigenvalue weighted by atomic mass is 16.6. The first kappa shape index (κ1) is 15.5. The molecule has 1 aliphatic rings. The van der Waals surface area contributed by atoms with Gasteiger partial charge in [0.25, 0.3) is 5.69 Å². The molecule has 1 aromatic heterocycles. The van der Waals surface area contributed by atoms with E-state index >= 15 is 0 Å². The zero-order valence-corrected chi connectivity index (χ0v) is 12.9. The van der Waals surface area contributed by atoms with Crippen molar-refractivity contribution in [1.29, 1.82) is 0 Å². The van der Waals surface area contributed by atoms with Crippen molar-refractivity contribution in [2.24, 2.45) is 0 Å². The van der Waals surface area contributed by atoms with Crippen molar-refractivity contribution in [2.75, 3.05) is 43.9 Å². The predicted molar refractivity (Wildman–Crippen MR) is 84.0 cm³/mol. The number of hydrogen-bond donors (Lipinski definition) is 1. The van der Waals surface area contributed by atoms with Crippen molar-refractivity contribution < 1.29 is 4.92 Å². The van der Waals surface area contributed by atoms with E-state index in [9.17, 15) is 10.1 Å². The minimum absolute atomic E-state index is 0.0893. The number of nitro groups is 1. The minimum atomic E-state index is -0.358. The molecule has 1 N–H and O–H groups in total. The first-order valence-corrected chi connectivity index (χ1v) is 7.33. The molecule has 0 bridgehead atoms. The van der Waals surface area contributed by atoms with E-state index in [2.05, 4.69) is 20.1 Å². The molecule has 1 unspecified atom stereocenters. The van der Waals surface area contributed by atoms with Crippen LogP contribution in [0.5, 0.6) is 0 Å². The number of likely N-dealkylation sites (N-methyl/N-ethyl adjacent to an activating group) is 1. The quantitative estimate of drug-likeness (QED) is 0.638. The number of rotatable bonds is 6. The molecule has 0 spiro atoms. The van der Waals surface area contributed by atoms with Crippen LogP contribution in [0, 0.1) is 10.1 Å². The topological polar surface area (TPSA) is 74.5 Å². The lowest BCUT2D eigenvalue weighted by molar-refractivity contribution is -0.384. The summed E-state index contributed by atoms with van der Waals surface area (Å²) in [6, 6.07) is 3.43. The van der Waals surface area contributed by atoms with E-state index in [1.54, 1.807) is 6.07 Å². The Balaban J connectivity index is 2.30. The summed E-state index contributed by atoms with van der Waals surface area (Å²) in [6.45, 7) is 4.47. The first-order valence-electron chi connectivity index (χ1n) is 7.33. The summed E-state index contributed by atoms with van der Waals surface area (Å²) in [5.74, 6) is 1.27. The molecule has 1 aromatic rings. The third-order valence-electron chi connectivity index (χ3n) is 3.61. The van der Waals surface area contributed by atoms with Crippen LogP contribution in [0.25, 0.3) is 0 Å². The molecule has 7 heteroatoms. The zero-order chi connectivity index (χ0) is 15.4. The van der Waals surface area contributed by atoms with E-state index in [1.165, 1.54) is 6.07 Å².